The zero-order valence-corrected chi connectivity index (χ0v) is 15.2. The zero-order valence-electron chi connectivity index (χ0n) is 13.6. The Labute approximate surface area is 143 Å². The van der Waals surface area contributed by atoms with Crippen molar-refractivity contribution in [2.24, 2.45) is 7.05 Å². The van der Waals surface area contributed by atoms with Crippen LogP contribution in [0.4, 0.5) is 0 Å². The van der Waals surface area contributed by atoms with Crippen LogP contribution in [0.25, 0.3) is 0 Å². The Bertz CT molecular complexity index is 633. The molecule has 8 nitrogen and oxygen atoms in total. The quantitative estimate of drug-likeness (QED) is 0.767. The summed E-state index contributed by atoms with van der Waals surface area (Å²) in [4.78, 5) is 18.6. The summed E-state index contributed by atoms with van der Waals surface area (Å²) >= 11 is 0. The van der Waals surface area contributed by atoms with Crippen LogP contribution in [-0.2, 0) is 21.9 Å². The number of hydrogen-bond donors (Lipinski definition) is 1. The smallest absolute Gasteiger partial charge is 0.238 e. The topological polar surface area (TPSA) is 87.5 Å². The molecule has 2 rings (SSSR count). The summed E-state index contributed by atoms with van der Waals surface area (Å²) < 4.78 is 26.6. The molecule has 132 valence electrons. The molecule has 1 aliphatic heterocycles. The maximum atomic E-state index is 12.5. The standard InChI is InChI=1S/C13H23N5O3S.ClH/c1-4-22(20,21)17(3)10-12(19)18-8-5-14-9-11(18)13-15-6-7-16(13)2;/h6-7,11,14H,4-5,8-10H2,1-3H3;1H. The predicted octanol–water partition coefficient (Wildman–Crippen LogP) is -0.404. The second-order valence-electron chi connectivity index (χ2n) is 5.36. The normalized spacial score (nSPS) is 18.8. The summed E-state index contributed by atoms with van der Waals surface area (Å²) in [6, 6.07) is -0.181. The molecule has 0 aliphatic carbocycles. The highest BCUT2D eigenvalue weighted by atomic mass is 35.5. The molecule has 0 aromatic carbocycles. The molecule has 1 saturated heterocycles. The average molecular weight is 366 g/mol. The molecular formula is C13H24ClN5O3S. The van der Waals surface area contributed by atoms with Crippen molar-refractivity contribution in [3.63, 3.8) is 0 Å². The van der Waals surface area contributed by atoms with Crippen LogP contribution in [0.1, 0.15) is 18.8 Å². The Morgan fingerprint density at radius 2 is 2.22 bits per heavy atom. The summed E-state index contributed by atoms with van der Waals surface area (Å²) in [6.45, 7) is 3.27. The fourth-order valence-corrected chi connectivity index (χ4v) is 3.28. The number of aromatic nitrogens is 2. The number of sulfonamides is 1. The Hall–Kier alpha value is -1.16. The Morgan fingerprint density at radius 1 is 1.52 bits per heavy atom. The monoisotopic (exact) mass is 365 g/mol. The molecule has 0 bridgehead atoms. The molecule has 1 amide bonds. The number of halogens is 1. The number of piperazine rings is 1. The van der Waals surface area contributed by atoms with E-state index in [0.29, 0.717) is 19.6 Å². The largest absolute Gasteiger partial charge is 0.336 e. The van der Waals surface area contributed by atoms with Gasteiger partial charge in [-0.2, -0.15) is 4.31 Å². The highest BCUT2D eigenvalue weighted by Crippen LogP contribution is 2.20. The third-order valence-electron chi connectivity index (χ3n) is 3.92. The first kappa shape index (κ1) is 19.9. The Morgan fingerprint density at radius 3 is 2.78 bits per heavy atom. The number of amides is 1. The van der Waals surface area contributed by atoms with Crippen molar-refractivity contribution >= 4 is 28.3 Å². The third kappa shape index (κ3) is 4.43. The van der Waals surface area contributed by atoms with E-state index in [1.54, 1.807) is 18.0 Å². The van der Waals surface area contributed by atoms with Gasteiger partial charge in [0.2, 0.25) is 15.9 Å². The van der Waals surface area contributed by atoms with Crippen LogP contribution in [0.5, 0.6) is 0 Å². The number of aryl methyl sites for hydroxylation is 1. The van der Waals surface area contributed by atoms with E-state index in [-0.39, 0.29) is 36.7 Å². The van der Waals surface area contributed by atoms with Gasteiger partial charge in [0.1, 0.15) is 11.9 Å². The molecule has 0 radical (unpaired) electrons. The van der Waals surface area contributed by atoms with Crippen molar-refractivity contribution < 1.29 is 13.2 Å². The van der Waals surface area contributed by atoms with Gasteiger partial charge < -0.3 is 14.8 Å². The van der Waals surface area contributed by atoms with Crippen molar-refractivity contribution in [2.45, 2.75) is 13.0 Å². The molecule has 10 heteroatoms. The van der Waals surface area contributed by atoms with Gasteiger partial charge in [-0.05, 0) is 6.92 Å². The Balaban J connectivity index is 0.00000264. The van der Waals surface area contributed by atoms with Crippen molar-refractivity contribution in [3.8, 4) is 0 Å². The minimum Gasteiger partial charge on any atom is -0.336 e. The van der Waals surface area contributed by atoms with Gasteiger partial charge in [-0.25, -0.2) is 13.4 Å². The lowest BCUT2D eigenvalue weighted by Gasteiger charge is -2.36. The predicted molar refractivity (Wildman–Crippen MR) is 89.9 cm³/mol. The van der Waals surface area contributed by atoms with Crippen LogP contribution in [0.3, 0.4) is 0 Å². The molecular weight excluding hydrogens is 342 g/mol. The van der Waals surface area contributed by atoms with Gasteiger partial charge in [-0.3, -0.25) is 4.79 Å². The lowest BCUT2D eigenvalue weighted by atomic mass is 10.1. The van der Waals surface area contributed by atoms with E-state index in [9.17, 15) is 13.2 Å². The van der Waals surface area contributed by atoms with Gasteiger partial charge in [0.15, 0.2) is 0 Å². The number of rotatable bonds is 5. The summed E-state index contributed by atoms with van der Waals surface area (Å²) in [5, 5.41) is 3.25. The van der Waals surface area contributed by atoms with Crippen molar-refractivity contribution in [3.05, 3.63) is 18.2 Å². The van der Waals surface area contributed by atoms with Crippen molar-refractivity contribution in [2.75, 3.05) is 39.0 Å². The molecule has 1 aromatic rings. The fraction of sp³-hybridized carbons (Fsp3) is 0.692. The molecule has 1 unspecified atom stereocenters. The van der Waals surface area contributed by atoms with Crippen molar-refractivity contribution in [1.82, 2.24) is 24.1 Å². The molecule has 2 heterocycles. The number of carbonyl (C=O) groups excluding carboxylic acids is 1. The highest BCUT2D eigenvalue weighted by molar-refractivity contribution is 7.89. The molecule has 1 aromatic heterocycles. The third-order valence-corrected chi connectivity index (χ3v) is 5.73. The van der Waals surface area contributed by atoms with E-state index in [1.807, 2.05) is 17.8 Å². The SMILES string of the molecule is CCS(=O)(=O)N(C)CC(=O)N1CCNCC1c1nccn1C.Cl. The van der Waals surface area contributed by atoms with Crippen LogP contribution in [0.2, 0.25) is 0 Å². The van der Waals surface area contributed by atoms with Crippen molar-refractivity contribution in [1.29, 1.82) is 0 Å². The molecule has 1 N–H and O–H groups in total. The minimum absolute atomic E-state index is 0. The number of hydrogen-bond acceptors (Lipinski definition) is 5. The van der Waals surface area contributed by atoms with Crippen LogP contribution < -0.4 is 5.32 Å². The summed E-state index contributed by atoms with van der Waals surface area (Å²) in [5.41, 5.74) is 0. The average Bonchev–Trinajstić information content (AvgIpc) is 2.93. The van der Waals surface area contributed by atoms with Crippen LogP contribution in [0, 0.1) is 0 Å². The first-order chi connectivity index (χ1) is 10.4. The van der Waals surface area contributed by atoms with E-state index in [4.69, 9.17) is 0 Å². The molecule has 1 atom stereocenters. The van der Waals surface area contributed by atoms with E-state index in [2.05, 4.69) is 10.3 Å². The number of nitrogens with zero attached hydrogens (tertiary/aromatic N) is 4. The number of carbonyl (C=O) groups is 1. The van der Waals surface area contributed by atoms with E-state index in [0.717, 1.165) is 10.1 Å². The summed E-state index contributed by atoms with van der Waals surface area (Å²) in [5.74, 6) is 0.580. The van der Waals surface area contributed by atoms with Gasteiger partial charge in [0, 0.05) is 46.1 Å². The van der Waals surface area contributed by atoms with E-state index in [1.165, 1.54) is 7.05 Å². The minimum atomic E-state index is -3.36. The second-order valence-corrected chi connectivity index (χ2v) is 7.72. The highest BCUT2D eigenvalue weighted by Gasteiger charge is 2.32. The maximum absolute atomic E-state index is 12.5. The lowest BCUT2D eigenvalue weighted by Crippen LogP contribution is -2.52. The number of imidazole rings is 1. The van der Waals surface area contributed by atoms with Crippen LogP contribution >= 0.6 is 12.4 Å². The fourth-order valence-electron chi connectivity index (χ4n) is 2.53. The lowest BCUT2D eigenvalue weighted by molar-refractivity contribution is -0.134. The molecule has 0 saturated carbocycles. The van der Waals surface area contributed by atoms with E-state index < -0.39 is 10.0 Å². The maximum Gasteiger partial charge on any atom is 0.238 e. The number of likely N-dealkylation sites (N-methyl/N-ethyl adjacent to an activating group) is 1. The zero-order chi connectivity index (χ0) is 16.3. The molecule has 23 heavy (non-hydrogen) atoms. The summed E-state index contributed by atoms with van der Waals surface area (Å²) in [7, 11) is -0.0406. The molecule has 1 fully saturated rings. The first-order valence-corrected chi connectivity index (χ1v) is 8.89. The molecule has 0 spiro atoms. The van der Waals surface area contributed by atoms with Crippen LogP contribution in [0.15, 0.2) is 12.4 Å². The van der Waals surface area contributed by atoms with E-state index >= 15 is 0 Å². The van der Waals surface area contributed by atoms with Gasteiger partial charge in [-0.1, -0.05) is 0 Å². The second kappa shape index (κ2) is 8.09. The van der Waals surface area contributed by atoms with Gasteiger partial charge in [-0.15, -0.1) is 12.4 Å². The van der Waals surface area contributed by atoms with Gasteiger partial charge >= 0.3 is 0 Å². The molecule has 1 aliphatic rings. The number of nitrogens with one attached hydrogen (secondary N) is 1. The van der Waals surface area contributed by atoms with Gasteiger partial charge in [0.05, 0.1) is 12.3 Å². The first-order valence-electron chi connectivity index (χ1n) is 7.28. The van der Waals surface area contributed by atoms with Gasteiger partial charge in [0.25, 0.3) is 0 Å². The summed E-state index contributed by atoms with van der Waals surface area (Å²) in [6.07, 6.45) is 3.53. The van der Waals surface area contributed by atoms with Crippen LogP contribution in [-0.4, -0.2) is 72.1 Å². The Kier molecular flexibility index (Phi) is 7.00.